The predicted octanol–water partition coefficient (Wildman–Crippen LogP) is 2.57. The van der Waals surface area contributed by atoms with Crippen molar-refractivity contribution >= 4 is 17.5 Å². The number of hydrogen-bond acceptors (Lipinski definition) is 2. The second kappa shape index (κ2) is 5.57. The molecule has 0 aromatic heterocycles. The van der Waals surface area contributed by atoms with Gasteiger partial charge in [-0.05, 0) is 45.4 Å². The van der Waals surface area contributed by atoms with Crippen molar-refractivity contribution in [3.63, 3.8) is 0 Å². The van der Waals surface area contributed by atoms with Crippen LogP contribution in [0.5, 0.6) is 0 Å². The first-order chi connectivity index (χ1) is 8.17. The molecule has 3 nitrogen and oxygen atoms in total. The van der Waals surface area contributed by atoms with Crippen LogP contribution in [0.25, 0.3) is 0 Å². The molecule has 2 atom stereocenters. The Labute approximate surface area is 108 Å². The van der Waals surface area contributed by atoms with Crippen molar-refractivity contribution in [2.24, 2.45) is 0 Å². The van der Waals surface area contributed by atoms with Crippen LogP contribution < -0.4 is 0 Å². The summed E-state index contributed by atoms with van der Waals surface area (Å²) in [4.78, 5) is 14.6. The molecule has 1 amide bonds. The van der Waals surface area contributed by atoms with Crippen molar-refractivity contribution in [1.29, 1.82) is 0 Å². The Balaban J connectivity index is 1.97. The average Bonchev–Trinajstić information content (AvgIpc) is 2.95. The number of rotatable bonds is 4. The fourth-order valence-corrected chi connectivity index (χ4v) is 3.12. The lowest BCUT2D eigenvalue weighted by Crippen LogP contribution is -2.48. The van der Waals surface area contributed by atoms with Gasteiger partial charge in [0.2, 0.25) is 0 Å². The van der Waals surface area contributed by atoms with E-state index in [9.17, 15) is 4.79 Å². The first-order valence-corrected chi connectivity index (χ1v) is 7.22. The van der Waals surface area contributed by atoms with Gasteiger partial charge in [-0.2, -0.15) is 0 Å². The summed E-state index contributed by atoms with van der Waals surface area (Å²) < 4.78 is 5.65. The number of hydrogen-bond donors (Lipinski definition) is 0. The summed E-state index contributed by atoms with van der Waals surface area (Å²) in [7, 11) is 0. The number of nitrogens with zero attached hydrogens (tertiary/aromatic N) is 1. The smallest absolute Gasteiger partial charge is 0.254 e. The van der Waals surface area contributed by atoms with Crippen molar-refractivity contribution in [3.8, 4) is 0 Å². The molecule has 2 aliphatic heterocycles. The minimum absolute atomic E-state index is 0.201. The Morgan fingerprint density at radius 1 is 1.53 bits per heavy atom. The Kier molecular flexibility index (Phi) is 4.31. The Bertz CT molecular complexity index is 277. The summed E-state index contributed by atoms with van der Waals surface area (Å²) in [5, 5.41) is 0. The maximum Gasteiger partial charge on any atom is 0.254 e. The molecule has 2 fully saturated rings. The van der Waals surface area contributed by atoms with Gasteiger partial charge in [-0.3, -0.25) is 4.79 Å². The molecule has 0 bridgehead atoms. The van der Waals surface area contributed by atoms with E-state index in [1.807, 2.05) is 11.8 Å². The summed E-state index contributed by atoms with van der Waals surface area (Å²) in [6.45, 7) is 3.56. The number of likely N-dealkylation sites (tertiary alicyclic amines) is 1. The predicted molar refractivity (Wildman–Crippen MR) is 68.3 cm³/mol. The van der Waals surface area contributed by atoms with Gasteiger partial charge in [-0.25, -0.2) is 0 Å². The topological polar surface area (TPSA) is 29.5 Å². The molecule has 0 aromatic rings. The van der Waals surface area contributed by atoms with E-state index in [0.717, 1.165) is 51.7 Å². The van der Waals surface area contributed by atoms with E-state index < -0.39 is 5.60 Å². The molecule has 2 heterocycles. The van der Waals surface area contributed by atoms with Gasteiger partial charge in [0.15, 0.2) is 0 Å². The lowest BCUT2D eigenvalue weighted by atomic mass is 10.00. The molecule has 4 heteroatoms. The SMILES string of the molecule is CC1(C(=O)N2CCCC2CCCCl)CCCO1. The van der Waals surface area contributed by atoms with Crippen LogP contribution >= 0.6 is 11.6 Å². The van der Waals surface area contributed by atoms with Crippen LogP contribution in [-0.4, -0.2) is 41.5 Å². The molecular formula is C13H22ClNO2. The highest BCUT2D eigenvalue weighted by molar-refractivity contribution is 6.17. The molecule has 0 aromatic carbocycles. The number of ether oxygens (including phenoxy) is 1. The van der Waals surface area contributed by atoms with Crippen molar-refractivity contribution in [2.75, 3.05) is 19.0 Å². The largest absolute Gasteiger partial charge is 0.365 e. The number of carbonyl (C=O) groups excluding carboxylic acids is 1. The molecule has 2 unspecified atom stereocenters. The number of amides is 1. The van der Waals surface area contributed by atoms with Crippen LogP contribution in [0.3, 0.4) is 0 Å². The van der Waals surface area contributed by atoms with E-state index in [1.165, 1.54) is 0 Å². The van der Waals surface area contributed by atoms with Crippen LogP contribution in [-0.2, 0) is 9.53 Å². The first kappa shape index (κ1) is 13.2. The third-order valence-corrected chi connectivity index (χ3v) is 4.25. The molecule has 0 aliphatic carbocycles. The highest BCUT2D eigenvalue weighted by Crippen LogP contribution is 2.31. The minimum atomic E-state index is -0.552. The van der Waals surface area contributed by atoms with E-state index in [-0.39, 0.29) is 5.91 Å². The quantitative estimate of drug-likeness (QED) is 0.727. The molecule has 0 spiro atoms. The highest BCUT2D eigenvalue weighted by Gasteiger charge is 2.43. The van der Waals surface area contributed by atoms with E-state index in [4.69, 9.17) is 16.3 Å². The standard InChI is InChI=1S/C13H22ClNO2/c1-13(7-4-10-17-13)12(16)15-9-3-6-11(15)5-2-8-14/h11H,2-10H2,1H3. The first-order valence-electron chi connectivity index (χ1n) is 6.68. The summed E-state index contributed by atoms with van der Waals surface area (Å²) in [6, 6.07) is 0.391. The van der Waals surface area contributed by atoms with Gasteiger partial charge in [0.1, 0.15) is 5.60 Å². The van der Waals surface area contributed by atoms with Crippen LogP contribution in [0.15, 0.2) is 0 Å². The molecular weight excluding hydrogens is 238 g/mol. The maximum atomic E-state index is 12.5. The number of alkyl halides is 1. The van der Waals surface area contributed by atoms with Crippen LogP contribution in [0.1, 0.15) is 45.4 Å². The number of halogens is 1. The van der Waals surface area contributed by atoms with Gasteiger partial charge in [-0.15, -0.1) is 11.6 Å². The third kappa shape index (κ3) is 2.76. The van der Waals surface area contributed by atoms with Crippen molar-refractivity contribution < 1.29 is 9.53 Å². The van der Waals surface area contributed by atoms with Crippen molar-refractivity contribution in [3.05, 3.63) is 0 Å². The lowest BCUT2D eigenvalue weighted by molar-refractivity contribution is -0.152. The fourth-order valence-electron chi connectivity index (χ4n) is 2.97. The maximum absolute atomic E-state index is 12.5. The van der Waals surface area contributed by atoms with E-state index in [1.54, 1.807) is 0 Å². The summed E-state index contributed by atoms with van der Waals surface area (Å²) in [6.07, 6.45) is 6.14. The monoisotopic (exact) mass is 259 g/mol. The average molecular weight is 260 g/mol. The van der Waals surface area contributed by atoms with Gasteiger partial charge < -0.3 is 9.64 Å². The van der Waals surface area contributed by atoms with Gasteiger partial charge in [0, 0.05) is 25.1 Å². The van der Waals surface area contributed by atoms with Crippen LogP contribution in [0.4, 0.5) is 0 Å². The molecule has 2 rings (SSSR count). The number of carbonyl (C=O) groups is 1. The third-order valence-electron chi connectivity index (χ3n) is 3.98. The normalized spacial score (nSPS) is 33.3. The second-order valence-corrected chi connectivity index (χ2v) is 5.69. The molecule has 17 heavy (non-hydrogen) atoms. The summed E-state index contributed by atoms with van der Waals surface area (Å²) >= 11 is 5.73. The van der Waals surface area contributed by atoms with Gasteiger partial charge in [0.25, 0.3) is 5.91 Å². The van der Waals surface area contributed by atoms with E-state index in [0.29, 0.717) is 11.9 Å². The Morgan fingerprint density at radius 3 is 3.00 bits per heavy atom. The second-order valence-electron chi connectivity index (χ2n) is 5.31. The molecule has 2 aliphatic rings. The zero-order valence-corrected chi connectivity index (χ0v) is 11.3. The zero-order valence-electron chi connectivity index (χ0n) is 10.6. The Hall–Kier alpha value is -0.280. The lowest BCUT2D eigenvalue weighted by Gasteiger charge is -2.32. The van der Waals surface area contributed by atoms with Crippen LogP contribution in [0.2, 0.25) is 0 Å². The highest BCUT2D eigenvalue weighted by atomic mass is 35.5. The molecule has 2 saturated heterocycles. The van der Waals surface area contributed by atoms with Gasteiger partial charge in [0.05, 0.1) is 0 Å². The Morgan fingerprint density at radius 2 is 2.35 bits per heavy atom. The molecule has 98 valence electrons. The van der Waals surface area contributed by atoms with Crippen molar-refractivity contribution in [2.45, 2.75) is 57.1 Å². The van der Waals surface area contributed by atoms with Crippen LogP contribution in [0, 0.1) is 0 Å². The molecule has 0 radical (unpaired) electrons. The summed E-state index contributed by atoms with van der Waals surface area (Å²) in [5.41, 5.74) is -0.552. The van der Waals surface area contributed by atoms with E-state index >= 15 is 0 Å². The van der Waals surface area contributed by atoms with Gasteiger partial charge >= 0.3 is 0 Å². The van der Waals surface area contributed by atoms with Gasteiger partial charge in [-0.1, -0.05) is 0 Å². The summed E-state index contributed by atoms with van der Waals surface area (Å²) in [5.74, 6) is 0.888. The molecule has 0 N–H and O–H groups in total. The minimum Gasteiger partial charge on any atom is -0.365 e. The van der Waals surface area contributed by atoms with E-state index in [2.05, 4.69) is 0 Å². The fraction of sp³-hybridized carbons (Fsp3) is 0.923. The molecule has 0 saturated carbocycles. The zero-order chi connectivity index (χ0) is 12.3. The van der Waals surface area contributed by atoms with Crippen molar-refractivity contribution in [1.82, 2.24) is 4.90 Å².